The Balaban J connectivity index is 1.58. The first-order valence-corrected chi connectivity index (χ1v) is 10.5. The lowest BCUT2D eigenvalue weighted by atomic mass is 9.93. The van der Waals surface area contributed by atoms with Crippen LogP contribution in [0.1, 0.15) is 41.9 Å². The summed E-state index contributed by atoms with van der Waals surface area (Å²) >= 11 is 0. The molecule has 1 aliphatic rings. The molecule has 0 bridgehead atoms. The molecule has 3 N–H and O–H groups in total. The van der Waals surface area contributed by atoms with Crippen molar-refractivity contribution in [1.82, 2.24) is 9.97 Å². The van der Waals surface area contributed by atoms with Crippen molar-refractivity contribution in [3.05, 3.63) is 71.3 Å². The van der Waals surface area contributed by atoms with Gasteiger partial charge in [-0.2, -0.15) is 18.2 Å². The second-order valence-electron chi connectivity index (χ2n) is 8.17. The molecule has 4 rings (SSSR count). The summed E-state index contributed by atoms with van der Waals surface area (Å²) in [5, 5.41) is 9.18. The third-order valence-electron chi connectivity index (χ3n) is 6.03. The second-order valence-corrected chi connectivity index (χ2v) is 8.17. The minimum atomic E-state index is -4.40. The van der Waals surface area contributed by atoms with E-state index >= 15 is 0 Å². The molecular formula is C24H23F3N4O2. The summed E-state index contributed by atoms with van der Waals surface area (Å²) in [5.41, 5.74) is 7.59. The number of alkyl halides is 3. The number of halogens is 3. The molecule has 33 heavy (non-hydrogen) atoms. The molecule has 0 amide bonds. The van der Waals surface area contributed by atoms with E-state index in [1.54, 1.807) is 43.3 Å². The predicted octanol–water partition coefficient (Wildman–Crippen LogP) is 4.93. The Kier molecular flexibility index (Phi) is 5.97. The van der Waals surface area contributed by atoms with Crippen LogP contribution in [0.25, 0.3) is 11.3 Å². The minimum absolute atomic E-state index is 0.0598. The average Bonchev–Trinajstić information content (AvgIpc) is 3.28. The number of nitrogens with zero attached hydrogens (tertiary/aromatic N) is 3. The number of hydrogen-bond acceptors (Lipinski definition) is 5. The Bertz CT molecular complexity index is 1170. The van der Waals surface area contributed by atoms with Crippen LogP contribution in [-0.2, 0) is 11.0 Å². The maximum atomic E-state index is 13.5. The molecule has 0 radical (unpaired) electrons. The van der Waals surface area contributed by atoms with Crippen molar-refractivity contribution in [2.45, 2.75) is 31.4 Å². The van der Waals surface area contributed by atoms with Crippen LogP contribution in [0.4, 0.5) is 24.9 Å². The summed E-state index contributed by atoms with van der Waals surface area (Å²) in [7, 11) is 0. The number of hydrogen-bond donors (Lipinski definition) is 2. The third-order valence-corrected chi connectivity index (χ3v) is 6.03. The Morgan fingerprint density at radius 2 is 1.85 bits per heavy atom. The first-order chi connectivity index (χ1) is 15.6. The maximum Gasteiger partial charge on any atom is 0.416 e. The van der Waals surface area contributed by atoms with Crippen molar-refractivity contribution in [3.8, 4) is 11.3 Å². The van der Waals surface area contributed by atoms with Gasteiger partial charge in [0.05, 0.1) is 17.2 Å². The summed E-state index contributed by atoms with van der Waals surface area (Å²) in [6.07, 6.45) is -3.84. The van der Waals surface area contributed by atoms with Crippen molar-refractivity contribution >= 4 is 17.7 Å². The molecule has 0 aliphatic carbocycles. The fourth-order valence-corrected chi connectivity index (χ4v) is 4.18. The number of aromatic nitrogens is 2. The first-order valence-electron chi connectivity index (χ1n) is 10.5. The quantitative estimate of drug-likeness (QED) is 0.566. The topological polar surface area (TPSA) is 92.3 Å². The van der Waals surface area contributed by atoms with E-state index < -0.39 is 23.6 Å². The number of carboxylic acids is 1. The van der Waals surface area contributed by atoms with Crippen molar-refractivity contribution in [1.29, 1.82) is 0 Å². The highest BCUT2D eigenvalue weighted by molar-refractivity contribution is 5.76. The number of nitrogen functional groups attached to an aromatic ring is 1. The van der Waals surface area contributed by atoms with E-state index in [-0.39, 0.29) is 17.4 Å². The van der Waals surface area contributed by atoms with E-state index in [1.165, 1.54) is 12.1 Å². The number of benzene rings is 2. The van der Waals surface area contributed by atoms with Crippen molar-refractivity contribution in [2.24, 2.45) is 0 Å². The van der Waals surface area contributed by atoms with Crippen LogP contribution in [0.3, 0.4) is 0 Å². The van der Waals surface area contributed by atoms with Gasteiger partial charge < -0.3 is 15.7 Å². The molecule has 172 valence electrons. The third kappa shape index (κ3) is 4.76. The number of anilines is 2. The molecule has 2 atom stereocenters. The van der Waals surface area contributed by atoms with Gasteiger partial charge in [-0.25, -0.2) is 4.98 Å². The van der Waals surface area contributed by atoms with Crippen LogP contribution in [0.5, 0.6) is 0 Å². The molecule has 2 aromatic carbocycles. The zero-order chi connectivity index (χ0) is 23.8. The lowest BCUT2D eigenvalue weighted by Gasteiger charge is -2.20. The lowest BCUT2D eigenvalue weighted by molar-refractivity contribution is -0.139. The van der Waals surface area contributed by atoms with E-state index in [1.807, 2.05) is 4.90 Å². The number of rotatable bonds is 5. The zero-order valence-corrected chi connectivity index (χ0v) is 17.9. The maximum absolute atomic E-state index is 13.5. The van der Waals surface area contributed by atoms with E-state index in [9.17, 15) is 23.1 Å². The minimum Gasteiger partial charge on any atom is -0.481 e. The fraction of sp³-hybridized carbons (Fsp3) is 0.292. The zero-order valence-electron chi connectivity index (χ0n) is 17.9. The van der Waals surface area contributed by atoms with Crippen LogP contribution in [-0.4, -0.2) is 34.1 Å². The molecule has 1 aliphatic heterocycles. The van der Waals surface area contributed by atoms with Gasteiger partial charge >= 0.3 is 12.1 Å². The highest BCUT2D eigenvalue weighted by atomic mass is 19.4. The average molecular weight is 456 g/mol. The van der Waals surface area contributed by atoms with E-state index in [0.29, 0.717) is 36.6 Å². The fourth-order valence-electron chi connectivity index (χ4n) is 4.18. The monoisotopic (exact) mass is 456 g/mol. The van der Waals surface area contributed by atoms with Crippen LogP contribution >= 0.6 is 0 Å². The molecule has 3 aromatic rings. The molecule has 0 saturated carbocycles. The SMILES string of the molecule is CC(C(=O)O)c1ccc(-c2cc(N3CCC(c4ccccc4C(F)(F)F)C3)nc(N)n2)cc1. The molecule has 1 saturated heterocycles. The molecule has 0 spiro atoms. The van der Waals surface area contributed by atoms with Gasteiger partial charge in [0.15, 0.2) is 0 Å². The Hall–Kier alpha value is -3.62. The van der Waals surface area contributed by atoms with Crippen LogP contribution in [0.2, 0.25) is 0 Å². The highest BCUT2D eigenvalue weighted by Crippen LogP contribution is 2.39. The van der Waals surface area contributed by atoms with Gasteiger partial charge in [-0.15, -0.1) is 0 Å². The predicted molar refractivity (Wildman–Crippen MR) is 119 cm³/mol. The first kappa shape index (κ1) is 22.6. The smallest absolute Gasteiger partial charge is 0.416 e. The molecule has 2 heterocycles. The van der Waals surface area contributed by atoms with Crippen molar-refractivity contribution < 1.29 is 23.1 Å². The summed E-state index contributed by atoms with van der Waals surface area (Å²) in [4.78, 5) is 21.7. The van der Waals surface area contributed by atoms with Gasteiger partial charge in [0.25, 0.3) is 0 Å². The number of nitrogens with two attached hydrogens (primary N) is 1. The Labute approximate surface area is 188 Å². The van der Waals surface area contributed by atoms with Crippen LogP contribution < -0.4 is 10.6 Å². The highest BCUT2D eigenvalue weighted by Gasteiger charge is 2.37. The molecule has 9 heteroatoms. The number of aliphatic carboxylic acids is 1. The summed E-state index contributed by atoms with van der Waals surface area (Å²) in [6.45, 7) is 2.54. The van der Waals surface area contributed by atoms with Crippen LogP contribution in [0, 0.1) is 0 Å². The van der Waals surface area contributed by atoms with Crippen molar-refractivity contribution in [2.75, 3.05) is 23.7 Å². The van der Waals surface area contributed by atoms with Gasteiger partial charge in [-0.3, -0.25) is 4.79 Å². The van der Waals surface area contributed by atoms with Gasteiger partial charge in [-0.1, -0.05) is 42.5 Å². The Morgan fingerprint density at radius 3 is 2.52 bits per heavy atom. The van der Waals surface area contributed by atoms with Crippen molar-refractivity contribution in [3.63, 3.8) is 0 Å². The number of carbonyl (C=O) groups is 1. The van der Waals surface area contributed by atoms with Gasteiger partial charge in [0.1, 0.15) is 5.82 Å². The molecule has 6 nitrogen and oxygen atoms in total. The van der Waals surface area contributed by atoms with Gasteiger partial charge in [0.2, 0.25) is 5.95 Å². The molecule has 2 unspecified atom stereocenters. The van der Waals surface area contributed by atoms with Crippen LogP contribution in [0.15, 0.2) is 54.6 Å². The van der Waals surface area contributed by atoms with E-state index in [2.05, 4.69) is 9.97 Å². The van der Waals surface area contributed by atoms with Gasteiger partial charge in [-0.05, 0) is 30.5 Å². The standard InChI is InChI=1S/C24H23F3N4O2/c1-14(22(32)33)15-6-8-16(9-7-15)20-12-21(30-23(28)29-20)31-11-10-17(13-31)18-4-2-3-5-19(18)24(25,26)27/h2-9,12,14,17H,10-11,13H2,1H3,(H,32,33)(H2,28,29,30). The Morgan fingerprint density at radius 1 is 1.15 bits per heavy atom. The lowest BCUT2D eigenvalue weighted by Crippen LogP contribution is -2.22. The summed E-state index contributed by atoms with van der Waals surface area (Å²) in [5.74, 6) is -1.21. The summed E-state index contributed by atoms with van der Waals surface area (Å²) < 4.78 is 40.4. The number of carboxylic acid groups (broad SMARTS) is 1. The van der Waals surface area contributed by atoms with E-state index in [4.69, 9.17) is 5.73 Å². The molecule has 1 aromatic heterocycles. The largest absolute Gasteiger partial charge is 0.481 e. The van der Waals surface area contributed by atoms with Gasteiger partial charge in [0, 0.05) is 30.6 Å². The second kappa shape index (κ2) is 8.73. The summed E-state index contributed by atoms with van der Waals surface area (Å²) in [6, 6.07) is 14.4. The molecule has 1 fully saturated rings. The van der Waals surface area contributed by atoms with E-state index in [0.717, 1.165) is 11.6 Å². The normalized spacial score (nSPS) is 17.2. The molecular weight excluding hydrogens is 433 g/mol.